The van der Waals surface area contributed by atoms with Crippen molar-refractivity contribution < 1.29 is 4.42 Å². The minimum Gasteiger partial charge on any atom is -0.461 e. The fourth-order valence-electron chi connectivity index (χ4n) is 2.52. The second kappa shape index (κ2) is 6.22. The highest BCUT2D eigenvalue weighted by Crippen LogP contribution is 2.26. The number of nitrogens with zero attached hydrogens (tertiary/aromatic N) is 1. The third kappa shape index (κ3) is 3.37. The summed E-state index contributed by atoms with van der Waals surface area (Å²) >= 11 is 0. The second-order valence-corrected chi connectivity index (χ2v) is 5.40. The van der Waals surface area contributed by atoms with Gasteiger partial charge in [-0.25, -0.2) is 0 Å². The van der Waals surface area contributed by atoms with Gasteiger partial charge < -0.3 is 14.6 Å². The number of hydrogen-bond donors (Lipinski definition) is 1. The molecule has 1 heterocycles. The summed E-state index contributed by atoms with van der Waals surface area (Å²) in [5.74, 6) is 1.10. The Morgan fingerprint density at radius 1 is 1.26 bits per heavy atom. The molecule has 1 N–H and O–H groups in total. The Hall–Kier alpha value is -1.32. The van der Waals surface area contributed by atoms with Crippen LogP contribution in [0.3, 0.4) is 0 Å². The summed E-state index contributed by atoms with van der Waals surface area (Å²) in [6.45, 7) is 6.27. The molecule has 0 radical (unpaired) electrons. The summed E-state index contributed by atoms with van der Waals surface area (Å²) < 4.78 is 5.91. The molecule has 0 aliphatic carbocycles. The average Bonchev–Trinajstić information content (AvgIpc) is 2.73. The lowest BCUT2D eigenvalue weighted by molar-refractivity contribution is 0.348. The first-order valence-corrected chi connectivity index (χ1v) is 6.99. The predicted octanol–water partition coefficient (Wildman–Crippen LogP) is 3.03. The summed E-state index contributed by atoms with van der Waals surface area (Å²) in [5.41, 5.74) is 2.31. The molecule has 1 atom stereocenters. The number of aryl methyl sites for hydroxylation is 1. The van der Waals surface area contributed by atoms with E-state index in [9.17, 15) is 0 Å². The van der Waals surface area contributed by atoms with Crippen molar-refractivity contribution in [2.45, 2.75) is 32.9 Å². The topological polar surface area (TPSA) is 28.4 Å². The minimum atomic E-state index is 0.466. The van der Waals surface area contributed by atoms with Crippen LogP contribution in [-0.2, 0) is 13.0 Å². The summed E-state index contributed by atoms with van der Waals surface area (Å²) in [6.07, 6.45) is 0.938. The third-order valence-electron chi connectivity index (χ3n) is 3.37. The fourth-order valence-corrected chi connectivity index (χ4v) is 2.52. The fraction of sp³-hybridized carbons (Fsp3) is 0.500. The normalized spacial score (nSPS) is 13.3. The zero-order valence-corrected chi connectivity index (χ0v) is 12.4. The van der Waals surface area contributed by atoms with E-state index in [4.69, 9.17) is 4.42 Å². The SMILES string of the molecule is CCc1oc2ccccc2c1CNC(C)CN(C)C. The molecule has 1 aromatic heterocycles. The van der Waals surface area contributed by atoms with E-state index >= 15 is 0 Å². The van der Waals surface area contributed by atoms with Gasteiger partial charge in [0.1, 0.15) is 11.3 Å². The molecule has 0 spiro atoms. The number of fused-ring (bicyclic) bond motifs is 1. The van der Waals surface area contributed by atoms with E-state index < -0.39 is 0 Å². The lowest BCUT2D eigenvalue weighted by Gasteiger charge is -2.18. The Kier molecular flexibility index (Phi) is 4.61. The molecule has 0 fully saturated rings. The number of furan rings is 1. The third-order valence-corrected chi connectivity index (χ3v) is 3.37. The van der Waals surface area contributed by atoms with Gasteiger partial charge in [-0.05, 0) is 27.1 Å². The Morgan fingerprint density at radius 2 is 2.00 bits per heavy atom. The molecule has 0 aliphatic rings. The highest BCUT2D eigenvalue weighted by Gasteiger charge is 2.13. The van der Waals surface area contributed by atoms with E-state index in [1.807, 2.05) is 12.1 Å². The maximum atomic E-state index is 5.91. The molecule has 0 saturated heterocycles. The van der Waals surface area contributed by atoms with Crippen molar-refractivity contribution in [2.24, 2.45) is 0 Å². The second-order valence-electron chi connectivity index (χ2n) is 5.40. The van der Waals surface area contributed by atoms with Crippen LogP contribution >= 0.6 is 0 Å². The molecule has 2 rings (SSSR count). The van der Waals surface area contributed by atoms with Gasteiger partial charge in [-0.1, -0.05) is 25.1 Å². The summed E-state index contributed by atoms with van der Waals surface area (Å²) in [7, 11) is 4.20. The molecular formula is C16H24N2O. The van der Waals surface area contributed by atoms with Crippen LogP contribution in [0, 0.1) is 0 Å². The van der Waals surface area contributed by atoms with Gasteiger partial charge in [-0.2, -0.15) is 0 Å². The Labute approximate surface area is 115 Å². The monoisotopic (exact) mass is 260 g/mol. The number of para-hydroxylation sites is 1. The molecule has 1 unspecified atom stereocenters. The predicted molar refractivity (Wildman–Crippen MR) is 80.4 cm³/mol. The standard InChI is InChI=1S/C16H24N2O/c1-5-15-14(10-17-12(2)11-18(3)4)13-8-6-7-9-16(13)19-15/h6-9,12,17H,5,10-11H2,1-4H3. The van der Waals surface area contributed by atoms with Crippen LogP contribution in [0.25, 0.3) is 11.0 Å². The molecule has 19 heavy (non-hydrogen) atoms. The van der Waals surface area contributed by atoms with Gasteiger partial charge in [-0.3, -0.25) is 0 Å². The van der Waals surface area contributed by atoms with E-state index in [0.29, 0.717) is 6.04 Å². The van der Waals surface area contributed by atoms with Gasteiger partial charge in [0.05, 0.1) is 0 Å². The Morgan fingerprint density at radius 3 is 2.68 bits per heavy atom. The molecule has 0 saturated carbocycles. The van der Waals surface area contributed by atoms with Gasteiger partial charge in [0.15, 0.2) is 0 Å². The zero-order valence-electron chi connectivity index (χ0n) is 12.4. The van der Waals surface area contributed by atoms with E-state index in [0.717, 1.165) is 30.9 Å². The Balaban J connectivity index is 2.15. The number of benzene rings is 1. The molecule has 104 valence electrons. The van der Waals surface area contributed by atoms with Crippen molar-refractivity contribution >= 4 is 11.0 Å². The molecular weight excluding hydrogens is 236 g/mol. The van der Waals surface area contributed by atoms with Crippen LogP contribution in [0.1, 0.15) is 25.2 Å². The van der Waals surface area contributed by atoms with Crippen molar-refractivity contribution in [2.75, 3.05) is 20.6 Å². The van der Waals surface area contributed by atoms with Gasteiger partial charge in [0.25, 0.3) is 0 Å². The molecule has 1 aromatic carbocycles. The Bertz CT molecular complexity index is 531. The van der Waals surface area contributed by atoms with Crippen LogP contribution < -0.4 is 5.32 Å². The van der Waals surface area contributed by atoms with Crippen LogP contribution in [0.15, 0.2) is 28.7 Å². The average molecular weight is 260 g/mol. The van der Waals surface area contributed by atoms with Crippen molar-refractivity contribution in [3.05, 3.63) is 35.6 Å². The van der Waals surface area contributed by atoms with Crippen LogP contribution in [-0.4, -0.2) is 31.6 Å². The summed E-state index contributed by atoms with van der Waals surface area (Å²) in [5, 5.41) is 4.82. The van der Waals surface area contributed by atoms with Crippen LogP contribution in [0.2, 0.25) is 0 Å². The van der Waals surface area contributed by atoms with Gasteiger partial charge in [-0.15, -0.1) is 0 Å². The number of nitrogens with one attached hydrogen (secondary N) is 1. The van der Waals surface area contributed by atoms with Crippen molar-refractivity contribution in [1.82, 2.24) is 10.2 Å². The lowest BCUT2D eigenvalue weighted by atomic mass is 10.1. The van der Waals surface area contributed by atoms with Crippen molar-refractivity contribution in [1.29, 1.82) is 0 Å². The van der Waals surface area contributed by atoms with E-state index in [1.165, 1.54) is 10.9 Å². The van der Waals surface area contributed by atoms with E-state index in [-0.39, 0.29) is 0 Å². The minimum absolute atomic E-state index is 0.466. The van der Waals surface area contributed by atoms with Crippen LogP contribution in [0.4, 0.5) is 0 Å². The maximum Gasteiger partial charge on any atom is 0.134 e. The summed E-state index contributed by atoms with van der Waals surface area (Å²) in [6, 6.07) is 8.75. The quantitative estimate of drug-likeness (QED) is 0.865. The lowest BCUT2D eigenvalue weighted by Crippen LogP contribution is -2.35. The van der Waals surface area contributed by atoms with Crippen molar-refractivity contribution in [3.63, 3.8) is 0 Å². The molecule has 2 aromatic rings. The zero-order chi connectivity index (χ0) is 13.8. The first-order valence-electron chi connectivity index (χ1n) is 6.99. The maximum absolute atomic E-state index is 5.91. The van der Waals surface area contributed by atoms with Gasteiger partial charge in [0, 0.05) is 36.5 Å². The number of likely N-dealkylation sites (N-methyl/N-ethyl adjacent to an activating group) is 1. The highest BCUT2D eigenvalue weighted by molar-refractivity contribution is 5.82. The first kappa shape index (κ1) is 14.1. The molecule has 3 nitrogen and oxygen atoms in total. The molecule has 0 aliphatic heterocycles. The smallest absolute Gasteiger partial charge is 0.134 e. The summed E-state index contributed by atoms with van der Waals surface area (Å²) in [4.78, 5) is 2.20. The molecule has 0 amide bonds. The largest absolute Gasteiger partial charge is 0.461 e. The molecule has 0 bridgehead atoms. The number of hydrogen-bond acceptors (Lipinski definition) is 3. The van der Waals surface area contributed by atoms with E-state index in [1.54, 1.807) is 0 Å². The van der Waals surface area contributed by atoms with Gasteiger partial charge in [0.2, 0.25) is 0 Å². The molecule has 3 heteroatoms. The van der Waals surface area contributed by atoms with E-state index in [2.05, 4.69) is 50.3 Å². The first-order chi connectivity index (χ1) is 9.11. The van der Waals surface area contributed by atoms with Crippen LogP contribution in [0.5, 0.6) is 0 Å². The highest BCUT2D eigenvalue weighted by atomic mass is 16.3. The van der Waals surface area contributed by atoms with Gasteiger partial charge >= 0.3 is 0 Å². The number of rotatable bonds is 6. The van der Waals surface area contributed by atoms with Crippen molar-refractivity contribution in [3.8, 4) is 0 Å².